The molecule has 1 saturated heterocycles. The maximum absolute atomic E-state index is 11.1. The van der Waals surface area contributed by atoms with E-state index in [0.717, 1.165) is 0 Å². The third-order valence-corrected chi connectivity index (χ3v) is 2.90. The summed E-state index contributed by atoms with van der Waals surface area (Å²) in [6.45, 7) is 1.23. The Morgan fingerprint density at radius 3 is 2.54 bits per heavy atom. The number of ether oxygens (including phenoxy) is 1. The van der Waals surface area contributed by atoms with E-state index in [1.54, 1.807) is 14.8 Å². The maximum atomic E-state index is 11.1. The monoisotopic (exact) mass is 187 g/mol. The van der Waals surface area contributed by atoms with Gasteiger partial charge >= 0.3 is 0 Å². The predicted molar refractivity (Wildman–Crippen MR) is 47.6 cm³/mol. The Labute approximate surface area is 77.3 Å². The van der Waals surface area contributed by atoms with Gasteiger partial charge in [-0.25, -0.2) is 0 Å². The minimum Gasteiger partial charge on any atom is -0.394 e. The molecule has 74 valence electrons. The summed E-state index contributed by atoms with van der Waals surface area (Å²) in [7, 11) is 1.66. The molecule has 0 bridgehead atoms. The summed E-state index contributed by atoms with van der Waals surface area (Å²) in [4.78, 5) is 11.1. The molecular formula is C7H14BNO4. The molecule has 13 heavy (non-hydrogen) atoms. The van der Waals surface area contributed by atoms with Gasteiger partial charge in [0.25, 0.3) is 0 Å². The number of carbonyl (C=O) groups excluding carboxylic acids is 1. The number of nitrogens with two attached hydrogens (primary N) is 1. The van der Waals surface area contributed by atoms with Crippen molar-refractivity contribution in [1.29, 1.82) is 0 Å². The zero-order valence-electron chi connectivity index (χ0n) is 7.73. The van der Waals surface area contributed by atoms with Gasteiger partial charge in [0.15, 0.2) is 0 Å². The fourth-order valence-corrected chi connectivity index (χ4v) is 1.59. The lowest BCUT2D eigenvalue weighted by atomic mass is 9.71. The van der Waals surface area contributed by atoms with E-state index in [2.05, 4.69) is 0 Å². The molecule has 0 spiro atoms. The standard InChI is InChI=1S/C7H14BNO4/c1-7(6(9)12)4(11)3(2-10)13-5(7)8/h3-5,10-11H,2,8H2,1H3,(H2,9,12)/t3-,4-,5-,7-/m1/s1. The van der Waals surface area contributed by atoms with Crippen molar-refractivity contribution in [3.63, 3.8) is 0 Å². The van der Waals surface area contributed by atoms with E-state index < -0.39 is 29.5 Å². The van der Waals surface area contributed by atoms with E-state index in [1.807, 2.05) is 0 Å². The van der Waals surface area contributed by atoms with Crippen molar-refractivity contribution < 1.29 is 19.7 Å². The first-order chi connectivity index (χ1) is 5.94. The molecule has 0 radical (unpaired) electrons. The summed E-state index contributed by atoms with van der Waals surface area (Å²) in [6, 6.07) is -0.475. The lowest BCUT2D eigenvalue weighted by Gasteiger charge is -2.26. The topological polar surface area (TPSA) is 92.8 Å². The van der Waals surface area contributed by atoms with Crippen LogP contribution in [0.25, 0.3) is 0 Å². The molecule has 1 aliphatic rings. The molecule has 0 unspecified atom stereocenters. The van der Waals surface area contributed by atoms with Crippen LogP contribution in [0.1, 0.15) is 6.92 Å². The summed E-state index contributed by atoms with van der Waals surface area (Å²) >= 11 is 0. The zero-order chi connectivity index (χ0) is 10.2. The molecule has 4 N–H and O–H groups in total. The molecule has 4 atom stereocenters. The zero-order valence-corrected chi connectivity index (χ0v) is 7.73. The Balaban J connectivity index is 2.92. The number of aliphatic hydroxyl groups excluding tert-OH is 2. The van der Waals surface area contributed by atoms with Gasteiger partial charge in [0, 0.05) is 6.00 Å². The molecule has 6 heteroatoms. The van der Waals surface area contributed by atoms with Crippen LogP contribution in [-0.4, -0.2) is 48.8 Å². The van der Waals surface area contributed by atoms with Crippen LogP contribution in [0.2, 0.25) is 0 Å². The highest BCUT2D eigenvalue weighted by Gasteiger charge is 2.54. The molecule has 0 saturated carbocycles. The predicted octanol–water partition coefficient (Wildman–Crippen LogP) is -2.81. The first-order valence-electron chi connectivity index (χ1n) is 4.18. The molecular weight excluding hydrogens is 173 g/mol. The van der Waals surface area contributed by atoms with E-state index in [4.69, 9.17) is 15.6 Å². The van der Waals surface area contributed by atoms with Gasteiger partial charge in [-0.1, -0.05) is 0 Å². The molecule has 0 aromatic rings. The first kappa shape index (κ1) is 10.5. The van der Waals surface area contributed by atoms with Gasteiger partial charge < -0.3 is 20.7 Å². The van der Waals surface area contributed by atoms with Crippen molar-refractivity contribution in [2.75, 3.05) is 6.61 Å². The fraction of sp³-hybridized carbons (Fsp3) is 0.857. The van der Waals surface area contributed by atoms with Crippen LogP contribution in [0, 0.1) is 5.41 Å². The Morgan fingerprint density at radius 1 is 1.77 bits per heavy atom. The quantitative estimate of drug-likeness (QED) is 0.407. The van der Waals surface area contributed by atoms with Gasteiger partial charge in [0.1, 0.15) is 14.0 Å². The van der Waals surface area contributed by atoms with Crippen LogP contribution < -0.4 is 5.73 Å². The Kier molecular flexibility index (Phi) is 2.65. The summed E-state index contributed by atoms with van der Waals surface area (Å²) in [6.07, 6.45) is -1.75. The molecule has 1 aliphatic heterocycles. The number of carbonyl (C=O) groups is 1. The van der Waals surface area contributed by atoms with Crippen LogP contribution in [0.4, 0.5) is 0 Å². The first-order valence-corrected chi connectivity index (χ1v) is 4.18. The Hall–Kier alpha value is -0.585. The highest BCUT2D eigenvalue weighted by atomic mass is 16.5. The van der Waals surface area contributed by atoms with Gasteiger partial charge in [0.05, 0.1) is 18.1 Å². The molecule has 1 heterocycles. The van der Waals surface area contributed by atoms with Crippen molar-refractivity contribution in [3.8, 4) is 0 Å². The number of hydrogen-bond donors (Lipinski definition) is 3. The minimum atomic E-state index is -1.10. The van der Waals surface area contributed by atoms with Crippen molar-refractivity contribution in [3.05, 3.63) is 0 Å². The third kappa shape index (κ3) is 1.35. The summed E-state index contributed by atoms with van der Waals surface area (Å²) in [5.74, 6) is -0.608. The lowest BCUT2D eigenvalue weighted by Crippen LogP contribution is -2.49. The van der Waals surface area contributed by atoms with Crippen molar-refractivity contribution in [1.82, 2.24) is 0 Å². The van der Waals surface area contributed by atoms with Gasteiger partial charge in [0.2, 0.25) is 5.91 Å². The van der Waals surface area contributed by atoms with Crippen LogP contribution in [0.3, 0.4) is 0 Å². The van der Waals surface area contributed by atoms with E-state index in [-0.39, 0.29) is 6.61 Å². The number of hydrogen-bond acceptors (Lipinski definition) is 4. The number of amides is 1. The fourth-order valence-electron chi connectivity index (χ4n) is 1.59. The smallest absolute Gasteiger partial charge is 0.227 e. The highest BCUT2D eigenvalue weighted by Crippen LogP contribution is 2.36. The highest BCUT2D eigenvalue weighted by molar-refractivity contribution is 6.14. The van der Waals surface area contributed by atoms with Crippen molar-refractivity contribution in [2.45, 2.75) is 25.1 Å². The summed E-state index contributed by atoms with van der Waals surface area (Å²) in [5, 5.41) is 18.5. The van der Waals surface area contributed by atoms with Crippen LogP contribution >= 0.6 is 0 Å². The molecule has 1 rings (SSSR count). The van der Waals surface area contributed by atoms with Crippen LogP contribution in [0.5, 0.6) is 0 Å². The van der Waals surface area contributed by atoms with E-state index in [0.29, 0.717) is 0 Å². The second-order valence-corrected chi connectivity index (χ2v) is 3.59. The molecule has 1 amide bonds. The third-order valence-electron chi connectivity index (χ3n) is 2.90. The number of primary amides is 1. The van der Waals surface area contributed by atoms with Crippen molar-refractivity contribution >= 4 is 13.8 Å². The molecule has 1 fully saturated rings. The largest absolute Gasteiger partial charge is 0.394 e. The number of rotatable bonds is 2. The average Bonchev–Trinajstić information content (AvgIpc) is 2.30. The summed E-state index contributed by atoms with van der Waals surface area (Å²) in [5.41, 5.74) is 4.07. The summed E-state index contributed by atoms with van der Waals surface area (Å²) < 4.78 is 5.20. The van der Waals surface area contributed by atoms with Crippen LogP contribution in [0.15, 0.2) is 0 Å². The van der Waals surface area contributed by atoms with E-state index >= 15 is 0 Å². The van der Waals surface area contributed by atoms with Gasteiger partial charge in [-0.15, -0.1) is 0 Å². The van der Waals surface area contributed by atoms with Crippen LogP contribution in [-0.2, 0) is 9.53 Å². The minimum absolute atomic E-state index is 0.311. The normalized spacial score (nSPS) is 45.0. The van der Waals surface area contributed by atoms with E-state index in [1.165, 1.54) is 0 Å². The second-order valence-electron chi connectivity index (χ2n) is 3.59. The Bertz CT molecular complexity index is 225. The number of aliphatic hydroxyl groups is 2. The Morgan fingerprint density at radius 2 is 2.31 bits per heavy atom. The SMILES string of the molecule is B[C@@H]1O[C@H](CO)[C@@H](O)[C@@]1(C)C(N)=O. The van der Waals surface area contributed by atoms with E-state index in [9.17, 15) is 9.90 Å². The van der Waals surface area contributed by atoms with Gasteiger partial charge in [-0.05, 0) is 6.92 Å². The average molecular weight is 187 g/mol. The molecule has 0 aromatic heterocycles. The molecule has 0 aromatic carbocycles. The lowest BCUT2D eigenvalue weighted by molar-refractivity contribution is -0.131. The second kappa shape index (κ2) is 3.28. The van der Waals surface area contributed by atoms with Crippen molar-refractivity contribution in [2.24, 2.45) is 11.1 Å². The molecule has 5 nitrogen and oxygen atoms in total. The van der Waals surface area contributed by atoms with Gasteiger partial charge in [-0.2, -0.15) is 0 Å². The molecule has 0 aliphatic carbocycles. The maximum Gasteiger partial charge on any atom is 0.227 e. The van der Waals surface area contributed by atoms with Gasteiger partial charge in [-0.3, -0.25) is 4.79 Å².